The average molecular weight is 1590 g/mol. The standard InChI is InChI=1S/C17H20.2C15H18O.C14H16O.C12H18O2.C11H16O.C10H9F5.C10H14.CH4/c1-2-3-14-17(15-10-6-4-7-11-15)16-12-8-5-9-13-16;1-2-3-11-16-12-14-9-6-8-13-7-4-5-10-15(13)14;1-2-3-10-16-12-13-8-9-14-6-4-5-7-15(14)11-13;1-2-3-10-15-14-9-8-12-6-4-5-7-13(12)11-14;1-4-5-6-10-7-8-11(13-2)12(9-10)14-3;1-3-4-5-10-6-8-11(12-2)9-7-10;1-2-3-4-5-6(11)8(13)10(15)9(14)7(5)12;1-2-3-7-10-8-5-4-6-9-10;/h4-13,17H,2-3,14H2,1H3;4-10H,2-3,11-12H2,1H3;4-9,11H,2-3,10,12H2,1H3;4-9,11H,2-3,10H2,1H3;7-9H,4-6H2,1-3H3;6-9H,3-5H2,1-2H3;2-4H2,1H3;4-6,8-9H,2-3,7H2,1H3;1H4. The number of halogens is 5. The van der Waals surface area contributed by atoms with E-state index in [1.54, 1.807) is 28.3 Å². The number of hydrogen-bond donors (Lipinski definition) is 0. The Labute approximate surface area is 694 Å². The molecule has 0 heterocycles. The van der Waals surface area contributed by atoms with Crippen molar-refractivity contribution in [3.63, 3.8) is 0 Å². The molecule has 0 N–H and O–H groups in total. The van der Waals surface area contributed by atoms with E-state index < -0.39 is 34.6 Å². The fourth-order valence-corrected chi connectivity index (χ4v) is 12.3. The molecule has 0 aliphatic carbocycles. The highest BCUT2D eigenvalue weighted by molar-refractivity contribution is 5.86. The SMILES string of the molecule is C.CCCCC(c1ccccc1)c1ccccc1.CCCCOCc1ccc2ccccc2c1.CCCCOCc1cccc2ccccc12.CCCCOc1ccc2ccccc2c1.CCCCc1c(F)c(F)c(F)c(F)c1F.CCCCc1ccc(OC)c(OC)c1.CCCCc1ccc(OC)cc1.CCCCc1ccccc1. The van der Waals surface area contributed by atoms with Gasteiger partial charge in [0.1, 0.15) is 11.5 Å². The fraction of sp³-hybridized carbons (Fsp3) is 0.371. The van der Waals surface area contributed by atoms with Crippen molar-refractivity contribution in [2.45, 2.75) is 217 Å². The van der Waals surface area contributed by atoms with Crippen molar-refractivity contribution in [1.29, 1.82) is 0 Å². The van der Waals surface area contributed by atoms with Gasteiger partial charge in [-0.1, -0.05) is 339 Å². The minimum absolute atomic E-state index is 0. The fourth-order valence-electron chi connectivity index (χ4n) is 12.3. The molecule has 0 aromatic heterocycles. The van der Waals surface area contributed by atoms with Gasteiger partial charge in [0.25, 0.3) is 0 Å². The summed E-state index contributed by atoms with van der Waals surface area (Å²) in [7, 11) is 5.02. The molecule has 0 fully saturated rings. The van der Waals surface area contributed by atoms with Crippen LogP contribution < -0.4 is 18.9 Å². The van der Waals surface area contributed by atoms with Crippen LogP contribution in [0.2, 0.25) is 0 Å². The maximum Gasteiger partial charge on any atom is 0.200 e. The molecule has 12 rings (SSSR count). The van der Waals surface area contributed by atoms with Gasteiger partial charge in [-0.3, -0.25) is 0 Å². The summed E-state index contributed by atoms with van der Waals surface area (Å²) in [6.07, 6.45) is 22.7. The summed E-state index contributed by atoms with van der Waals surface area (Å²) < 4.78 is 96.3. The van der Waals surface area contributed by atoms with Gasteiger partial charge in [0.15, 0.2) is 34.8 Å². The van der Waals surface area contributed by atoms with Crippen LogP contribution in [0.15, 0.2) is 261 Å². The molecular formula is C105H133F5O6. The predicted molar refractivity (Wildman–Crippen MR) is 482 cm³/mol. The minimum Gasteiger partial charge on any atom is -0.497 e. The van der Waals surface area contributed by atoms with Gasteiger partial charge in [-0.15, -0.1) is 0 Å². The second kappa shape index (κ2) is 60.7. The highest BCUT2D eigenvalue weighted by Gasteiger charge is 2.25. The third-order valence-electron chi connectivity index (χ3n) is 19.2. The first-order valence-electron chi connectivity index (χ1n) is 41.9. The van der Waals surface area contributed by atoms with Crippen molar-refractivity contribution < 1.29 is 50.4 Å². The third-order valence-corrected chi connectivity index (χ3v) is 19.2. The Morgan fingerprint density at radius 1 is 0.284 bits per heavy atom. The first-order chi connectivity index (χ1) is 56.2. The second-order valence-electron chi connectivity index (χ2n) is 28.3. The Morgan fingerprint density at radius 3 is 1.22 bits per heavy atom. The maximum atomic E-state index is 13.0. The monoisotopic (exact) mass is 1590 g/mol. The highest BCUT2D eigenvalue weighted by atomic mass is 19.2. The summed E-state index contributed by atoms with van der Waals surface area (Å²) in [5.74, 6) is -5.21. The van der Waals surface area contributed by atoms with E-state index in [-0.39, 0.29) is 13.8 Å². The first-order valence-corrected chi connectivity index (χ1v) is 41.9. The van der Waals surface area contributed by atoms with Gasteiger partial charge in [0, 0.05) is 24.7 Å². The topological polar surface area (TPSA) is 55.4 Å². The Kier molecular flexibility index (Phi) is 51.5. The largest absolute Gasteiger partial charge is 0.497 e. The lowest BCUT2D eigenvalue weighted by atomic mass is 9.87. The number of benzene rings is 12. The molecule has 0 bridgehead atoms. The summed E-state index contributed by atoms with van der Waals surface area (Å²) in [6, 6.07) is 91.1. The van der Waals surface area contributed by atoms with Crippen LogP contribution in [0, 0.1) is 29.1 Å². The number of fused-ring (bicyclic) bond motifs is 3. The van der Waals surface area contributed by atoms with Gasteiger partial charge in [-0.25, -0.2) is 22.0 Å². The Balaban J connectivity index is 0.000000280. The van der Waals surface area contributed by atoms with E-state index in [4.69, 9.17) is 28.4 Å². The van der Waals surface area contributed by atoms with Gasteiger partial charge in [0.05, 0.1) is 41.2 Å². The Morgan fingerprint density at radius 2 is 0.690 bits per heavy atom. The molecule has 0 aliphatic heterocycles. The molecule has 0 atom stereocenters. The van der Waals surface area contributed by atoms with Gasteiger partial charge in [-0.05, 0) is 191 Å². The molecule has 11 heteroatoms. The number of unbranched alkanes of at least 4 members (excludes halogenated alkanes) is 8. The Hall–Kier alpha value is -9.81. The highest BCUT2D eigenvalue weighted by Crippen LogP contribution is 2.31. The summed E-state index contributed by atoms with van der Waals surface area (Å²) in [5, 5.41) is 7.69. The molecule has 0 spiro atoms. The van der Waals surface area contributed by atoms with Crippen molar-refractivity contribution in [2.75, 3.05) is 41.2 Å². The van der Waals surface area contributed by atoms with Crippen LogP contribution >= 0.6 is 0 Å². The lowest BCUT2D eigenvalue weighted by molar-refractivity contribution is 0.118. The third kappa shape index (κ3) is 37.0. The minimum atomic E-state index is -2.11. The lowest BCUT2D eigenvalue weighted by Gasteiger charge is -2.17. The van der Waals surface area contributed by atoms with Crippen LogP contribution in [0.1, 0.15) is 222 Å². The van der Waals surface area contributed by atoms with E-state index in [1.165, 1.54) is 161 Å². The number of ether oxygens (including phenoxy) is 6. The molecule has 0 radical (unpaired) electrons. The quantitative estimate of drug-likeness (QED) is 0.0173. The van der Waals surface area contributed by atoms with Gasteiger partial charge < -0.3 is 28.4 Å². The zero-order valence-electron chi connectivity index (χ0n) is 70.6. The molecule has 0 saturated carbocycles. The van der Waals surface area contributed by atoms with Crippen LogP contribution in [0.5, 0.6) is 23.0 Å². The molecule has 0 saturated heterocycles. The molecule has 12 aromatic carbocycles. The van der Waals surface area contributed by atoms with Crippen LogP contribution in [0.25, 0.3) is 32.3 Å². The van der Waals surface area contributed by atoms with Crippen molar-refractivity contribution in [3.05, 3.63) is 334 Å². The predicted octanol–water partition coefficient (Wildman–Crippen LogP) is 30.8. The molecule has 624 valence electrons. The van der Waals surface area contributed by atoms with Crippen LogP contribution in [0.3, 0.4) is 0 Å². The zero-order valence-corrected chi connectivity index (χ0v) is 70.6. The van der Waals surface area contributed by atoms with Crippen LogP contribution in [-0.2, 0) is 48.4 Å². The van der Waals surface area contributed by atoms with Crippen LogP contribution in [-0.4, -0.2) is 41.2 Å². The second-order valence-corrected chi connectivity index (χ2v) is 28.3. The number of methoxy groups -OCH3 is 3. The van der Waals surface area contributed by atoms with Crippen molar-refractivity contribution in [1.82, 2.24) is 0 Å². The van der Waals surface area contributed by atoms with Crippen molar-refractivity contribution in [3.8, 4) is 23.0 Å². The van der Waals surface area contributed by atoms with E-state index in [1.807, 2.05) is 24.3 Å². The number of aryl methyl sites for hydroxylation is 3. The first kappa shape index (κ1) is 98.6. The molecule has 0 amide bonds. The molecule has 0 aliphatic rings. The van der Waals surface area contributed by atoms with Gasteiger partial charge in [-0.2, -0.15) is 0 Å². The van der Waals surface area contributed by atoms with Crippen molar-refractivity contribution in [2.24, 2.45) is 0 Å². The molecule has 0 unspecified atom stereocenters. The lowest BCUT2D eigenvalue weighted by Crippen LogP contribution is -2.07. The molecule has 116 heavy (non-hydrogen) atoms. The number of rotatable bonds is 34. The molecule has 6 nitrogen and oxygen atoms in total. The average Bonchev–Trinajstić information content (AvgIpc) is 0.789. The van der Waals surface area contributed by atoms with Gasteiger partial charge in [0.2, 0.25) is 5.82 Å². The normalized spacial score (nSPS) is 10.4. The van der Waals surface area contributed by atoms with E-state index in [9.17, 15) is 22.0 Å². The molecule has 12 aromatic rings. The maximum absolute atomic E-state index is 13.0. The van der Waals surface area contributed by atoms with E-state index >= 15 is 0 Å². The van der Waals surface area contributed by atoms with Crippen molar-refractivity contribution >= 4 is 32.3 Å². The summed E-state index contributed by atoms with van der Waals surface area (Å²) in [6.45, 7) is 21.2. The zero-order chi connectivity index (χ0) is 82.9. The summed E-state index contributed by atoms with van der Waals surface area (Å²) >= 11 is 0. The summed E-state index contributed by atoms with van der Waals surface area (Å²) in [4.78, 5) is 0. The van der Waals surface area contributed by atoms with E-state index in [0.717, 1.165) is 81.7 Å². The summed E-state index contributed by atoms with van der Waals surface area (Å²) in [5.41, 5.74) is 8.86. The Bertz CT molecular complexity index is 4420. The van der Waals surface area contributed by atoms with Gasteiger partial charge >= 0.3 is 0 Å². The van der Waals surface area contributed by atoms with E-state index in [2.05, 4.69) is 285 Å². The van der Waals surface area contributed by atoms with E-state index in [0.29, 0.717) is 18.8 Å². The number of hydrogen-bond acceptors (Lipinski definition) is 6. The molecular weight excluding hydrogens is 1450 g/mol. The smallest absolute Gasteiger partial charge is 0.200 e. The van der Waals surface area contributed by atoms with Crippen LogP contribution in [0.4, 0.5) is 22.0 Å².